The van der Waals surface area contributed by atoms with Crippen molar-refractivity contribution in [3.05, 3.63) is 83.4 Å². The molecule has 3 aromatic carbocycles. The molecule has 9 nitrogen and oxygen atoms in total. The van der Waals surface area contributed by atoms with Gasteiger partial charge in [0.2, 0.25) is 11.8 Å². The average molecular weight is 602 g/mol. The number of ether oxygens (including phenoxy) is 2. The van der Waals surface area contributed by atoms with E-state index in [4.69, 9.17) is 21.1 Å². The minimum Gasteiger partial charge on any atom is -0.497 e. The number of benzene rings is 3. The standard InChI is InChI=1S/C30H36ClN3O6S/c1-6-28(30(36)32-21(2)3)33(19-22-10-12-25(39-4)13-11-22)29(35)20-34(24-9-7-8-23(31)18-24)41(37,38)27-16-14-26(40-5)15-17-27/h7-18,21,28H,6,19-20H2,1-5H3,(H,32,36)/t28-/m0/s1. The van der Waals surface area contributed by atoms with Gasteiger partial charge in [0.15, 0.2) is 0 Å². The van der Waals surface area contributed by atoms with E-state index in [-0.39, 0.29) is 29.1 Å². The van der Waals surface area contributed by atoms with E-state index in [1.165, 1.54) is 42.3 Å². The summed E-state index contributed by atoms with van der Waals surface area (Å²) in [5, 5.41) is 3.19. The first-order chi connectivity index (χ1) is 19.5. The highest BCUT2D eigenvalue weighted by Crippen LogP contribution is 2.28. The molecule has 3 aromatic rings. The summed E-state index contributed by atoms with van der Waals surface area (Å²) >= 11 is 6.22. The van der Waals surface area contributed by atoms with Gasteiger partial charge in [-0.15, -0.1) is 0 Å². The normalized spacial score (nSPS) is 12.0. The van der Waals surface area contributed by atoms with Gasteiger partial charge < -0.3 is 19.7 Å². The zero-order valence-corrected chi connectivity index (χ0v) is 25.4. The molecule has 3 rings (SSSR count). The third-order valence-electron chi connectivity index (χ3n) is 6.35. The molecule has 0 aliphatic carbocycles. The predicted molar refractivity (Wildman–Crippen MR) is 160 cm³/mol. The van der Waals surface area contributed by atoms with Gasteiger partial charge in [-0.05, 0) is 80.4 Å². The molecule has 0 spiro atoms. The van der Waals surface area contributed by atoms with Crippen LogP contribution in [0.25, 0.3) is 0 Å². The number of anilines is 1. The highest BCUT2D eigenvalue weighted by Gasteiger charge is 2.34. The van der Waals surface area contributed by atoms with E-state index in [0.29, 0.717) is 22.9 Å². The Hall–Kier alpha value is -3.76. The lowest BCUT2D eigenvalue weighted by Gasteiger charge is -2.33. The van der Waals surface area contributed by atoms with Crippen LogP contribution in [-0.4, -0.2) is 58.0 Å². The van der Waals surface area contributed by atoms with Gasteiger partial charge in [0.05, 0.1) is 24.8 Å². The summed E-state index contributed by atoms with van der Waals surface area (Å²) in [5.41, 5.74) is 0.966. The van der Waals surface area contributed by atoms with E-state index in [9.17, 15) is 18.0 Å². The minimum atomic E-state index is -4.22. The van der Waals surface area contributed by atoms with Crippen LogP contribution in [0.1, 0.15) is 32.8 Å². The van der Waals surface area contributed by atoms with Crippen molar-refractivity contribution >= 4 is 39.1 Å². The molecule has 0 fully saturated rings. The Morgan fingerprint density at radius 3 is 2.02 bits per heavy atom. The Balaban J connectivity index is 2.06. The Bertz CT molecular complexity index is 1430. The summed E-state index contributed by atoms with van der Waals surface area (Å²) in [7, 11) is -1.18. The number of rotatable bonds is 13. The third-order valence-corrected chi connectivity index (χ3v) is 8.37. The second kappa shape index (κ2) is 14.2. The molecule has 11 heteroatoms. The van der Waals surface area contributed by atoms with Crippen molar-refractivity contribution in [2.75, 3.05) is 25.1 Å². The number of methoxy groups -OCH3 is 2. The number of halogens is 1. The van der Waals surface area contributed by atoms with E-state index >= 15 is 0 Å². The molecule has 220 valence electrons. The number of amides is 2. The molecule has 0 bridgehead atoms. The maximum Gasteiger partial charge on any atom is 0.264 e. The predicted octanol–water partition coefficient (Wildman–Crippen LogP) is 4.88. The molecule has 0 heterocycles. The first kappa shape index (κ1) is 31.8. The summed E-state index contributed by atoms with van der Waals surface area (Å²) in [6.45, 7) is 5.00. The van der Waals surface area contributed by atoms with Crippen LogP contribution < -0.4 is 19.1 Å². The Labute approximate surface area is 247 Å². The summed E-state index contributed by atoms with van der Waals surface area (Å²) in [6, 6.07) is 18.3. The Morgan fingerprint density at radius 2 is 1.51 bits per heavy atom. The van der Waals surface area contributed by atoms with Crippen LogP contribution in [0, 0.1) is 0 Å². The zero-order chi connectivity index (χ0) is 30.2. The number of hydrogen-bond acceptors (Lipinski definition) is 6. The summed E-state index contributed by atoms with van der Waals surface area (Å²) in [6.07, 6.45) is 0.322. The van der Waals surface area contributed by atoms with Gasteiger partial charge in [-0.1, -0.05) is 36.7 Å². The van der Waals surface area contributed by atoms with Crippen molar-refractivity contribution in [1.29, 1.82) is 0 Å². The van der Waals surface area contributed by atoms with Crippen molar-refractivity contribution in [2.45, 2.75) is 50.7 Å². The van der Waals surface area contributed by atoms with E-state index in [2.05, 4.69) is 5.32 Å². The minimum absolute atomic E-state index is 0.0302. The van der Waals surface area contributed by atoms with Gasteiger partial charge in [0.1, 0.15) is 24.1 Å². The van der Waals surface area contributed by atoms with Crippen molar-refractivity contribution in [3.63, 3.8) is 0 Å². The molecule has 1 atom stereocenters. The van der Waals surface area contributed by atoms with Crippen LogP contribution in [0.5, 0.6) is 11.5 Å². The smallest absolute Gasteiger partial charge is 0.264 e. The summed E-state index contributed by atoms with van der Waals surface area (Å²) in [5.74, 6) is 0.260. The van der Waals surface area contributed by atoms with Crippen LogP contribution in [0.2, 0.25) is 5.02 Å². The maximum absolute atomic E-state index is 14.1. The lowest BCUT2D eigenvalue weighted by Crippen LogP contribution is -2.53. The molecule has 1 N–H and O–H groups in total. The molecular formula is C30H36ClN3O6S. The monoisotopic (exact) mass is 601 g/mol. The van der Waals surface area contributed by atoms with Crippen molar-refractivity contribution < 1.29 is 27.5 Å². The fourth-order valence-corrected chi connectivity index (χ4v) is 5.85. The zero-order valence-electron chi connectivity index (χ0n) is 23.8. The molecule has 0 aliphatic heterocycles. The Morgan fingerprint density at radius 1 is 0.927 bits per heavy atom. The number of nitrogens with zero attached hydrogens (tertiary/aromatic N) is 2. The molecule has 0 unspecified atom stereocenters. The van der Waals surface area contributed by atoms with Crippen molar-refractivity contribution in [2.24, 2.45) is 0 Å². The maximum atomic E-state index is 14.1. The fourth-order valence-electron chi connectivity index (χ4n) is 4.26. The van der Waals surface area contributed by atoms with E-state index in [1.54, 1.807) is 49.6 Å². The second-order valence-corrected chi connectivity index (χ2v) is 11.9. The molecule has 41 heavy (non-hydrogen) atoms. The number of carbonyl (C=O) groups excluding carboxylic acids is 2. The van der Waals surface area contributed by atoms with Crippen LogP contribution in [0.3, 0.4) is 0 Å². The first-order valence-electron chi connectivity index (χ1n) is 13.1. The lowest BCUT2D eigenvalue weighted by molar-refractivity contribution is -0.140. The number of carbonyl (C=O) groups is 2. The molecule has 0 saturated heterocycles. The Kier molecular flexibility index (Phi) is 11.0. The first-order valence-corrected chi connectivity index (χ1v) is 15.0. The van der Waals surface area contributed by atoms with Gasteiger partial charge in [-0.3, -0.25) is 13.9 Å². The average Bonchev–Trinajstić information content (AvgIpc) is 2.95. The molecule has 0 aliphatic rings. The molecular weight excluding hydrogens is 566 g/mol. The summed E-state index contributed by atoms with van der Waals surface area (Å²) in [4.78, 5) is 28.7. The summed E-state index contributed by atoms with van der Waals surface area (Å²) < 4.78 is 39.3. The van der Waals surface area contributed by atoms with Gasteiger partial charge in [0.25, 0.3) is 10.0 Å². The number of nitrogens with one attached hydrogen (secondary N) is 1. The van der Waals surface area contributed by atoms with Gasteiger partial charge in [0, 0.05) is 17.6 Å². The third kappa shape index (κ3) is 8.14. The van der Waals surface area contributed by atoms with Crippen LogP contribution >= 0.6 is 11.6 Å². The van der Waals surface area contributed by atoms with Crippen molar-refractivity contribution in [1.82, 2.24) is 10.2 Å². The largest absolute Gasteiger partial charge is 0.497 e. The SMILES string of the molecule is CC[C@@H](C(=O)NC(C)C)N(Cc1ccc(OC)cc1)C(=O)CN(c1cccc(Cl)c1)S(=O)(=O)c1ccc(OC)cc1. The van der Waals surface area contributed by atoms with E-state index in [1.807, 2.05) is 20.8 Å². The van der Waals surface area contributed by atoms with Crippen LogP contribution in [0.4, 0.5) is 5.69 Å². The van der Waals surface area contributed by atoms with E-state index < -0.39 is 28.5 Å². The highest BCUT2D eigenvalue weighted by atomic mass is 35.5. The highest BCUT2D eigenvalue weighted by molar-refractivity contribution is 7.92. The van der Waals surface area contributed by atoms with Gasteiger partial charge in [-0.25, -0.2) is 8.42 Å². The van der Waals surface area contributed by atoms with Crippen molar-refractivity contribution in [3.8, 4) is 11.5 Å². The second-order valence-electron chi connectivity index (χ2n) is 9.62. The van der Waals surface area contributed by atoms with E-state index in [0.717, 1.165) is 9.87 Å². The van der Waals surface area contributed by atoms with Crippen LogP contribution in [-0.2, 0) is 26.2 Å². The van der Waals surface area contributed by atoms with Gasteiger partial charge in [-0.2, -0.15) is 0 Å². The van der Waals surface area contributed by atoms with Crippen LogP contribution in [0.15, 0.2) is 77.7 Å². The quantitative estimate of drug-likeness (QED) is 0.299. The fraction of sp³-hybridized carbons (Fsp3) is 0.333. The molecule has 0 saturated carbocycles. The lowest BCUT2D eigenvalue weighted by atomic mass is 10.1. The topological polar surface area (TPSA) is 105 Å². The molecule has 0 radical (unpaired) electrons. The van der Waals surface area contributed by atoms with Gasteiger partial charge >= 0.3 is 0 Å². The number of hydrogen-bond donors (Lipinski definition) is 1. The molecule has 2 amide bonds. The number of sulfonamides is 1. The molecule has 0 aromatic heterocycles.